The topological polar surface area (TPSA) is 119 Å². The van der Waals surface area contributed by atoms with Crippen LogP contribution in [0, 0.1) is 30.9 Å². The lowest BCUT2D eigenvalue weighted by atomic mass is 10.1. The average molecular weight is 436 g/mol. The van der Waals surface area contributed by atoms with Crippen LogP contribution in [0.25, 0.3) is 0 Å². The van der Waals surface area contributed by atoms with Gasteiger partial charge < -0.3 is 19.6 Å². The van der Waals surface area contributed by atoms with Gasteiger partial charge in [-0.1, -0.05) is 6.07 Å². The Hall–Kier alpha value is -2.79. The first-order chi connectivity index (χ1) is 14.1. The van der Waals surface area contributed by atoms with Crippen molar-refractivity contribution in [3.8, 4) is 0 Å². The molecule has 1 aromatic heterocycles. The summed E-state index contributed by atoms with van der Waals surface area (Å²) in [6.45, 7) is 6.83. The molecular weight excluding hydrogens is 410 g/mol. The summed E-state index contributed by atoms with van der Waals surface area (Å²) in [4.78, 5) is 28.5. The molecule has 0 aliphatic carbocycles. The number of rotatable bonds is 6. The Morgan fingerprint density at radius 1 is 1.13 bits per heavy atom. The zero-order valence-electron chi connectivity index (χ0n) is 17.2. The number of aryl methyl sites for hydroxylation is 4. The largest absolute Gasteiger partial charge is 0.381 e. The smallest absolute Gasteiger partial charge is 0.358 e. The maximum absolute atomic E-state index is 12.9. The SMILES string of the molecule is Cc1ccc(S(=O)(=O)N2CCN(C(=O)CCn3cc([N+](=O)[O-])nc3C)CC2)cc1C. The lowest BCUT2D eigenvalue weighted by Crippen LogP contribution is -2.50. The molecule has 1 saturated heterocycles. The molecule has 0 N–H and O–H groups in total. The molecule has 1 amide bonds. The van der Waals surface area contributed by atoms with Crippen molar-refractivity contribution >= 4 is 21.7 Å². The van der Waals surface area contributed by atoms with Crippen molar-refractivity contribution in [1.82, 2.24) is 18.8 Å². The Bertz CT molecular complexity index is 1070. The van der Waals surface area contributed by atoms with Gasteiger partial charge in [0.25, 0.3) is 0 Å². The van der Waals surface area contributed by atoms with E-state index in [4.69, 9.17) is 0 Å². The molecule has 3 rings (SSSR count). The molecule has 1 aromatic carbocycles. The molecule has 1 aliphatic rings. The second kappa shape index (κ2) is 8.52. The van der Waals surface area contributed by atoms with Crippen LogP contribution in [0.3, 0.4) is 0 Å². The molecule has 1 fully saturated rings. The van der Waals surface area contributed by atoms with E-state index in [2.05, 4.69) is 4.98 Å². The molecule has 0 saturated carbocycles. The van der Waals surface area contributed by atoms with Gasteiger partial charge in [-0.15, -0.1) is 0 Å². The Balaban J connectivity index is 1.57. The number of sulfonamides is 1. The first-order valence-corrected chi connectivity index (χ1v) is 11.1. The van der Waals surface area contributed by atoms with Crippen molar-refractivity contribution < 1.29 is 18.1 Å². The molecular formula is C19H25N5O5S. The van der Waals surface area contributed by atoms with Crippen molar-refractivity contribution in [3.63, 3.8) is 0 Å². The highest BCUT2D eigenvalue weighted by molar-refractivity contribution is 7.89. The standard InChI is InChI=1S/C19H25N5O5S/c1-14-4-5-17(12-15(14)2)30(28,29)23-10-8-21(9-11-23)19(25)6-7-22-13-18(24(26)27)20-16(22)3/h4-5,12-13H,6-11H2,1-3H3. The number of aromatic nitrogens is 2. The number of benzene rings is 1. The van der Waals surface area contributed by atoms with Crippen LogP contribution in [0.15, 0.2) is 29.3 Å². The van der Waals surface area contributed by atoms with E-state index >= 15 is 0 Å². The Morgan fingerprint density at radius 3 is 2.37 bits per heavy atom. The van der Waals surface area contributed by atoms with Crippen LogP contribution in [0.5, 0.6) is 0 Å². The van der Waals surface area contributed by atoms with Crippen molar-refractivity contribution in [3.05, 3.63) is 51.5 Å². The maximum Gasteiger partial charge on any atom is 0.381 e. The van der Waals surface area contributed by atoms with Gasteiger partial charge in [0.15, 0.2) is 0 Å². The fraction of sp³-hybridized carbons (Fsp3) is 0.474. The number of amides is 1. The first-order valence-electron chi connectivity index (χ1n) is 9.63. The van der Waals surface area contributed by atoms with E-state index in [9.17, 15) is 23.3 Å². The summed E-state index contributed by atoms with van der Waals surface area (Å²) in [7, 11) is -3.60. The zero-order valence-corrected chi connectivity index (χ0v) is 18.1. The van der Waals surface area contributed by atoms with Gasteiger partial charge in [0.05, 0.1) is 4.90 Å². The maximum atomic E-state index is 12.9. The number of nitrogens with zero attached hydrogens (tertiary/aromatic N) is 5. The molecule has 0 atom stereocenters. The van der Waals surface area contributed by atoms with Crippen LogP contribution in [-0.4, -0.2) is 64.2 Å². The van der Waals surface area contributed by atoms with E-state index in [-0.39, 0.29) is 42.7 Å². The lowest BCUT2D eigenvalue weighted by molar-refractivity contribution is -0.389. The van der Waals surface area contributed by atoms with Crippen molar-refractivity contribution in [2.24, 2.45) is 0 Å². The first kappa shape index (κ1) is 21.9. The molecule has 2 aromatic rings. The van der Waals surface area contributed by atoms with Gasteiger partial charge in [0.2, 0.25) is 21.8 Å². The van der Waals surface area contributed by atoms with Crippen LogP contribution in [-0.2, 0) is 21.4 Å². The van der Waals surface area contributed by atoms with Gasteiger partial charge >= 0.3 is 5.82 Å². The van der Waals surface area contributed by atoms with Crippen molar-refractivity contribution in [2.45, 2.75) is 38.6 Å². The number of carbonyl (C=O) groups excluding carboxylic acids is 1. The number of nitro groups is 1. The molecule has 11 heteroatoms. The highest BCUT2D eigenvalue weighted by Gasteiger charge is 2.30. The molecule has 0 bridgehead atoms. The summed E-state index contributed by atoms with van der Waals surface area (Å²) in [5.41, 5.74) is 1.95. The quantitative estimate of drug-likeness (QED) is 0.503. The van der Waals surface area contributed by atoms with Gasteiger partial charge in [-0.25, -0.2) is 8.42 Å². The number of piperazine rings is 1. The fourth-order valence-electron chi connectivity index (χ4n) is 3.38. The molecule has 30 heavy (non-hydrogen) atoms. The molecule has 10 nitrogen and oxygen atoms in total. The molecule has 0 spiro atoms. The summed E-state index contributed by atoms with van der Waals surface area (Å²) in [5, 5.41) is 10.8. The van der Waals surface area contributed by atoms with E-state index < -0.39 is 14.9 Å². The average Bonchev–Trinajstić information content (AvgIpc) is 3.09. The number of hydrogen-bond acceptors (Lipinski definition) is 6. The van der Waals surface area contributed by atoms with Gasteiger partial charge in [0, 0.05) is 46.1 Å². The number of imidazole rings is 1. The molecule has 0 radical (unpaired) electrons. The molecule has 2 heterocycles. The van der Waals surface area contributed by atoms with Crippen LogP contribution >= 0.6 is 0 Å². The molecule has 0 unspecified atom stereocenters. The van der Waals surface area contributed by atoms with Crippen LogP contribution in [0.1, 0.15) is 23.4 Å². The summed E-state index contributed by atoms with van der Waals surface area (Å²) >= 11 is 0. The van der Waals surface area contributed by atoms with Gasteiger partial charge in [-0.05, 0) is 47.0 Å². The monoisotopic (exact) mass is 435 g/mol. The third-order valence-electron chi connectivity index (χ3n) is 5.42. The van der Waals surface area contributed by atoms with Gasteiger partial charge in [-0.2, -0.15) is 4.31 Å². The summed E-state index contributed by atoms with van der Waals surface area (Å²) < 4.78 is 28.8. The predicted molar refractivity (Wildman–Crippen MR) is 109 cm³/mol. The van der Waals surface area contributed by atoms with Crippen LogP contribution in [0.4, 0.5) is 5.82 Å². The lowest BCUT2D eigenvalue weighted by Gasteiger charge is -2.34. The highest BCUT2D eigenvalue weighted by atomic mass is 32.2. The second-order valence-electron chi connectivity index (χ2n) is 7.38. The third-order valence-corrected chi connectivity index (χ3v) is 7.32. The Morgan fingerprint density at radius 2 is 1.80 bits per heavy atom. The minimum atomic E-state index is -3.60. The van der Waals surface area contributed by atoms with E-state index in [0.29, 0.717) is 18.9 Å². The number of carbonyl (C=O) groups is 1. The summed E-state index contributed by atoms with van der Waals surface area (Å²) in [5.74, 6) is 0.109. The van der Waals surface area contributed by atoms with E-state index in [1.807, 2.05) is 13.8 Å². The van der Waals surface area contributed by atoms with E-state index in [1.165, 1.54) is 10.5 Å². The molecule has 1 aliphatic heterocycles. The van der Waals surface area contributed by atoms with E-state index in [1.54, 1.807) is 34.6 Å². The van der Waals surface area contributed by atoms with Gasteiger partial charge in [0.1, 0.15) is 6.20 Å². The summed E-state index contributed by atoms with van der Waals surface area (Å²) in [6, 6.07) is 5.08. The number of hydrogen-bond donors (Lipinski definition) is 0. The Kier molecular flexibility index (Phi) is 6.22. The summed E-state index contributed by atoms with van der Waals surface area (Å²) in [6.07, 6.45) is 1.48. The second-order valence-corrected chi connectivity index (χ2v) is 9.32. The molecule has 162 valence electrons. The third kappa shape index (κ3) is 4.51. The normalized spacial score (nSPS) is 15.4. The minimum absolute atomic E-state index is 0.117. The Labute approximate surface area is 175 Å². The van der Waals surface area contributed by atoms with Crippen LogP contribution < -0.4 is 0 Å². The van der Waals surface area contributed by atoms with E-state index in [0.717, 1.165) is 11.1 Å². The van der Waals surface area contributed by atoms with Crippen LogP contribution in [0.2, 0.25) is 0 Å². The zero-order chi connectivity index (χ0) is 22.1. The van der Waals surface area contributed by atoms with Gasteiger partial charge in [-0.3, -0.25) is 4.79 Å². The minimum Gasteiger partial charge on any atom is -0.358 e. The fourth-order valence-corrected chi connectivity index (χ4v) is 4.89. The van der Waals surface area contributed by atoms with Crippen molar-refractivity contribution in [1.29, 1.82) is 0 Å². The predicted octanol–water partition coefficient (Wildman–Crippen LogP) is 1.64. The highest BCUT2D eigenvalue weighted by Crippen LogP contribution is 2.21. The van der Waals surface area contributed by atoms with Crippen molar-refractivity contribution in [2.75, 3.05) is 26.2 Å².